The second kappa shape index (κ2) is 6.24. The molecule has 1 heterocycles. The van der Waals surface area contributed by atoms with Crippen molar-refractivity contribution in [2.24, 2.45) is 0 Å². The summed E-state index contributed by atoms with van der Waals surface area (Å²) >= 11 is 0. The van der Waals surface area contributed by atoms with E-state index in [2.05, 4.69) is 5.32 Å². The molecule has 0 spiro atoms. The Balaban J connectivity index is 2.24. The summed E-state index contributed by atoms with van der Waals surface area (Å²) < 4.78 is 4.95. The highest BCUT2D eigenvalue weighted by atomic mass is 16.6. The van der Waals surface area contributed by atoms with E-state index in [1.807, 2.05) is 6.92 Å². The molecule has 0 aliphatic rings. The first-order valence-corrected chi connectivity index (χ1v) is 5.25. The van der Waals surface area contributed by atoms with E-state index in [-0.39, 0.29) is 12.0 Å². The lowest BCUT2D eigenvalue weighted by molar-refractivity contribution is -0.402. The van der Waals surface area contributed by atoms with Crippen LogP contribution in [-0.2, 0) is 6.54 Å². The van der Waals surface area contributed by atoms with Crippen LogP contribution in [-0.4, -0.2) is 22.7 Å². The van der Waals surface area contributed by atoms with E-state index < -0.39 is 4.92 Å². The minimum atomic E-state index is -0.565. The second-order valence-corrected chi connectivity index (χ2v) is 3.52. The Morgan fingerprint density at radius 3 is 2.94 bits per heavy atom. The average Bonchev–Trinajstić information content (AvgIpc) is 2.72. The van der Waals surface area contributed by atoms with Gasteiger partial charge in [0.15, 0.2) is 0 Å². The summed E-state index contributed by atoms with van der Waals surface area (Å²) in [6.07, 6.45) is 1.10. The van der Waals surface area contributed by atoms with Gasteiger partial charge < -0.3 is 14.8 Å². The van der Waals surface area contributed by atoms with Crippen molar-refractivity contribution in [1.82, 2.24) is 5.32 Å². The molecular formula is C10H16N2O4. The topological polar surface area (TPSA) is 88.5 Å². The van der Waals surface area contributed by atoms with Gasteiger partial charge in [-0.1, -0.05) is 6.92 Å². The van der Waals surface area contributed by atoms with Gasteiger partial charge in [-0.15, -0.1) is 0 Å². The van der Waals surface area contributed by atoms with Crippen LogP contribution < -0.4 is 5.32 Å². The Labute approximate surface area is 93.4 Å². The molecule has 0 bridgehead atoms. The zero-order valence-electron chi connectivity index (χ0n) is 9.18. The first-order chi connectivity index (χ1) is 7.63. The number of aliphatic hydroxyl groups excluding tert-OH is 1. The van der Waals surface area contributed by atoms with Gasteiger partial charge in [-0.2, -0.15) is 0 Å². The minimum absolute atomic E-state index is 0.245. The molecule has 0 saturated carbocycles. The van der Waals surface area contributed by atoms with Crippen molar-refractivity contribution in [2.75, 3.05) is 6.54 Å². The molecule has 0 saturated heterocycles. The second-order valence-electron chi connectivity index (χ2n) is 3.52. The highest BCUT2D eigenvalue weighted by Gasteiger charge is 2.11. The molecule has 1 rings (SSSR count). The van der Waals surface area contributed by atoms with E-state index in [1.54, 1.807) is 6.07 Å². The smallest absolute Gasteiger partial charge is 0.404 e. The van der Waals surface area contributed by atoms with Crippen molar-refractivity contribution in [3.05, 3.63) is 28.0 Å². The highest BCUT2D eigenvalue weighted by molar-refractivity contribution is 5.17. The fourth-order valence-electron chi connectivity index (χ4n) is 1.24. The third kappa shape index (κ3) is 4.00. The summed E-state index contributed by atoms with van der Waals surface area (Å²) in [7, 11) is 0. The molecule has 0 amide bonds. The van der Waals surface area contributed by atoms with E-state index in [4.69, 9.17) is 4.42 Å². The van der Waals surface area contributed by atoms with Gasteiger partial charge >= 0.3 is 5.88 Å². The Kier molecular flexibility index (Phi) is 4.94. The Morgan fingerprint density at radius 2 is 2.38 bits per heavy atom. The number of hydrogen-bond acceptors (Lipinski definition) is 5. The predicted molar refractivity (Wildman–Crippen MR) is 58.0 cm³/mol. The van der Waals surface area contributed by atoms with Gasteiger partial charge in [-0.25, -0.2) is 0 Å². The molecule has 0 fully saturated rings. The van der Waals surface area contributed by atoms with Crippen LogP contribution in [0.2, 0.25) is 0 Å². The standard InChI is InChI=1S/C10H16N2O4/c1-2-8(13)5-6-11-7-9-3-4-10(16-9)12(14)15/h3-4,8,11,13H,2,5-7H2,1H3. The molecular weight excluding hydrogens is 212 g/mol. The van der Waals surface area contributed by atoms with Crippen LogP contribution in [0.25, 0.3) is 0 Å². The maximum absolute atomic E-state index is 10.3. The van der Waals surface area contributed by atoms with Crippen molar-refractivity contribution < 1.29 is 14.4 Å². The Morgan fingerprint density at radius 1 is 1.62 bits per heavy atom. The van der Waals surface area contributed by atoms with Crippen molar-refractivity contribution in [1.29, 1.82) is 0 Å². The Hall–Kier alpha value is -1.40. The number of rotatable bonds is 7. The first-order valence-electron chi connectivity index (χ1n) is 5.25. The number of nitrogens with one attached hydrogen (secondary N) is 1. The largest absolute Gasteiger partial charge is 0.433 e. The lowest BCUT2D eigenvalue weighted by atomic mass is 10.2. The fourth-order valence-corrected chi connectivity index (χ4v) is 1.24. The molecule has 6 nitrogen and oxygen atoms in total. The van der Waals surface area contributed by atoms with Gasteiger partial charge in [0.2, 0.25) is 0 Å². The normalized spacial score (nSPS) is 12.6. The molecule has 6 heteroatoms. The van der Waals surface area contributed by atoms with Crippen molar-refractivity contribution in [2.45, 2.75) is 32.4 Å². The number of furan rings is 1. The molecule has 0 aliphatic heterocycles. The molecule has 1 aromatic rings. The monoisotopic (exact) mass is 228 g/mol. The van der Waals surface area contributed by atoms with Crippen LogP contribution in [0.5, 0.6) is 0 Å². The number of hydrogen-bond donors (Lipinski definition) is 2. The van der Waals surface area contributed by atoms with Gasteiger partial charge in [0.1, 0.15) is 10.7 Å². The number of nitro groups is 1. The van der Waals surface area contributed by atoms with Gasteiger partial charge in [0.05, 0.1) is 18.7 Å². The van der Waals surface area contributed by atoms with Gasteiger partial charge in [-0.3, -0.25) is 10.1 Å². The molecule has 0 aromatic carbocycles. The summed E-state index contributed by atoms with van der Waals surface area (Å²) in [5.74, 6) is 0.281. The molecule has 0 radical (unpaired) electrons. The van der Waals surface area contributed by atoms with Crippen LogP contribution in [0, 0.1) is 10.1 Å². The molecule has 2 N–H and O–H groups in total. The van der Waals surface area contributed by atoms with E-state index in [0.29, 0.717) is 25.3 Å². The summed E-state index contributed by atoms with van der Waals surface area (Å²) in [6, 6.07) is 2.90. The third-order valence-electron chi connectivity index (χ3n) is 2.25. The maximum atomic E-state index is 10.3. The minimum Gasteiger partial charge on any atom is -0.404 e. The van der Waals surface area contributed by atoms with Crippen molar-refractivity contribution >= 4 is 5.88 Å². The molecule has 1 aromatic heterocycles. The Bertz CT molecular complexity index is 337. The van der Waals surface area contributed by atoms with Crippen LogP contribution in [0.1, 0.15) is 25.5 Å². The lowest BCUT2D eigenvalue weighted by Crippen LogP contribution is -2.19. The number of nitrogens with zero attached hydrogens (tertiary/aromatic N) is 1. The maximum Gasteiger partial charge on any atom is 0.433 e. The zero-order chi connectivity index (χ0) is 12.0. The summed E-state index contributed by atoms with van der Waals surface area (Å²) in [6.45, 7) is 3.01. The first kappa shape index (κ1) is 12.7. The molecule has 1 unspecified atom stereocenters. The van der Waals surface area contributed by atoms with E-state index in [0.717, 1.165) is 6.42 Å². The van der Waals surface area contributed by atoms with E-state index in [9.17, 15) is 15.2 Å². The van der Waals surface area contributed by atoms with E-state index >= 15 is 0 Å². The fraction of sp³-hybridized carbons (Fsp3) is 0.600. The van der Waals surface area contributed by atoms with Gasteiger partial charge in [0.25, 0.3) is 0 Å². The van der Waals surface area contributed by atoms with Crippen LogP contribution in [0.15, 0.2) is 16.5 Å². The summed E-state index contributed by atoms with van der Waals surface area (Å²) in [4.78, 5) is 9.77. The molecule has 1 atom stereocenters. The molecule has 0 aliphatic carbocycles. The SMILES string of the molecule is CCC(O)CCNCc1ccc([N+](=O)[O-])o1. The van der Waals surface area contributed by atoms with Crippen molar-refractivity contribution in [3.63, 3.8) is 0 Å². The molecule has 90 valence electrons. The van der Waals surface area contributed by atoms with Gasteiger partial charge in [0, 0.05) is 0 Å². The quantitative estimate of drug-likeness (QED) is 0.419. The summed E-state index contributed by atoms with van der Waals surface area (Å²) in [5, 5.41) is 22.7. The van der Waals surface area contributed by atoms with Crippen LogP contribution in [0.3, 0.4) is 0 Å². The van der Waals surface area contributed by atoms with Crippen LogP contribution >= 0.6 is 0 Å². The lowest BCUT2D eigenvalue weighted by Gasteiger charge is -2.07. The van der Waals surface area contributed by atoms with E-state index in [1.165, 1.54) is 6.07 Å². The van der Waals surface area contributed by atoms with Crippen LogP contribution in [0.4, 0.5) is 5.88 Å². The average molecular weight is 228 g/mol. The zero-order valence-corrected chi connectivity index (χ0v) is 9.18. The van der Waals surface area contributed by atoms with Crippen molar-refractivity contribution in [3.8, 4) is 0 Å². The summed E-state index contributed by atoms with van der Waals surface area (Å²) in [5.41, 5.74) is 0. The third-order valence-corrected chi connectivity index (χ3v) is 2.25. The highest BCUT2D eigenvalue weighted by Crippen LogP contribution is 2.15. The predicted octanol–water partition coefficient (Wildman–Crippen LogP) is 1.44. The van der Waals surface area contributed by atoms with Gasteiger partial charge in [-0.05, 0) is 25.5 Å². The number of aliphatic hydroxyl groups is 1. The molecule has 16 heavy (non-hydrogen) atoms.